The fourth-order valence-corrected chi connectivity index (χ4v) is 2.49. The van der Waals surface area contributed by atoms with Crippen molar-refractivity contribution in [2.24, 2.45) is 0 Å². The maximum atomic E-state index is 10.2. The first-order valence-electron chi connectivity index (χ1n) is 7.27. The van der Waals surface area contributed by atoms with Crippen molar-refractivity contribution < 1.29 is 10.2 Å². The molecule has 0 aliphatic heterocycles. The minimum absolute atomic E-state index is 0.0230. The summed E-state index contributed by atoms with van der Waals surface area (Å²) in [4.78, 5) is 0. The Hall–Kier alpha value is -1.96. The molecule has 2 nitrogen and oxygen atoms in total. The normalized spacial score (nSPS) is 10.8. The molecular weight excluding hydrogens is 248 g/mol. The number of benzene rings is 2. The molecule has 0 spiro atoms. The largest absolute Gasteiger partial charge is 0.504 e. The number of hydrogen-bond acceptors (Lipinski definition) is 2. The highest BCUT2D eigenvalue weighted by Gasteiger charge is 2.14. The van der Waals surface area contributed by atoms with E-state index in [4.69, 9.17) is 0 Å². The summed E-state index contributed by atoms with van der Waals surface area (Å²) in [5.74, 6) is -0.0616. The van der Waals surface area contributed by atoms with E-state index in [1.807, 2.05) is 13.0 Å². The van der Waals surface area contributed by atoms with E-state index in [0.717, 1.165) is 36.0 Å². The Labute approximate surface area is 120 Å². The second-order valence-corrected chi connectivity index (χ2v) is 5.06. The Morgan fingerprint density at radius 3 is 2.00 bits per heavy atom. The lowest BCUT2D eigenvalue weighted by Gasteiger charge is -2.14. The summed E-state index contributed by atoms with van der Waals surface area (Å²) in [7, 11) is 0. The van der Waals surface area contributed by atoms with Crippen LogP contribution < -0.4 is 0 Å². The average molecular weight is 270 g/mol. The third kappa shape index (κ3) is 2.64. The van der Waals surface area contributed by atoms with Gasteiger partial charge in [0.05, 0.1) is 0 Å². The Morgan fingerprint density at radius 2 is 1.40 bits per heavy atom. The third-order valence-corrected chi connectivity index (χ3v) is 3.81. The SMILES string of the molecule is CCc1ccc(CC)c(-c2cc(CC)cc(O)c2O)c1. The molecule has 20 heavy (non-hydrogen) atoms. The Morgan fingerprint density at radius 1 is 0.750 bits per heavy atom. The van der Waals surface area contributed by atoms with E-state index in [2.05, 4.69) is 32.0 Å². The van der Waals surface area contributed by atoms with Gasteiger partial charge in [0.1, 0.15) is 0 Å². The molecule has 0 saturated heterocycles. The zero-order valence-corrected chi connectivity index (χ0v) is 12.4. The van der Waals surface area contributed by atoms with Crippen LogP contribution in [-0.2, 0) is 19.3 Å². The zero-order valence-electron chi connectivity index (χ0n) is 12.4. The molecule has 0 radical (unpaired) electrons. The van der Waals surface area contributed by atoms with E-state index in [1.165, 1.54) is 11.1 Å². The van der Waals surface area contributed by atoms with Gasteiger partial charge in [-0.3, -0.25) is 0 Å². The van der Waals surface area contributed by atoms with Crippen LogP contribution in [0.4, 0.5) is 0 Å². The van der Waals surface area contributed by atoms with E-state index in [1.54, 1.807) is 6.07 Å². The molecule has 0 heterocycles. The molecule has 2 heteroatoms. The van der Waals surface area contributed by atoms with Crippen molar-refractivity contribution >= 4 is 0 Å². The summed E-state index contributed by atoms with van der Waals surface area (Å²) in [6.45, 7) is 6.26. The molecule has 2 N–H and O–H groups in total. The highest BCUT2D eigenvalue weighted by atomic mass is 16.3. The summed E-state index contributed by atoms with van der Waals surface area (Å²) >= 11 is 0. The molecule has 0 aliphatic carbocycles. The van der Waals surface area contributed by atoms with Gasteiger partial charge in [-0.2, -0.15) is 0 Å². The number of phenols is 2. The predicted octanol–water partition coefficient (Wildman–Crippen LogP) is 4.45. The standard InChI is InChI=1S/C18H22O2/c1-4-12-7-8-14(6-3)15(9-12)16-10-13(5-2)11-17(19)18(16)20/h7-11,19-20H,4-6H2,1-3H3. The van der Waals surface area contributed by atoms with Crippen molar-refractivity contribution in [2.75, 3.05) is 0 Å². The van der Waals surface area contributed by atoms with Crippen molar-refractivity contribution in [2.45, 2.75) is 40.0 Å². The molecule has 106 valence electrons. The molecule has 0 atom stereocenters. The summed E-state index contributed by atoms with van der Waals surface area (Å²) < 4.78 is 0. The zero-order chi connectivity index (χ0) is 14.7. The number of phenolic OH excluding ortho intramolecular Hbond substituents is 2. The fraction of sp³-hybridized carbons (Fsp3) is 0.333. The predicted molar refractivity (Wildman–Crippen MR) is 83.3 cm³/mol. The second kappa shape index (κ2) is 6.00. The molecule has 0 aliphatic rings. The molecule has 2 rings (SSSR count). The highest BCUT2D eigenvalue weighted by Crippen LogP contribution is 2.39. The molecule has 0 aromatic heterocycles. The number of aryl methyl sites for hydroxylation is 3. The van der Waals surface area contributed by atoms with Crippen LogP contribution >= 0.6 is 0 Å². The quantitative estimate of drug-likeness (QED) is 0.806. The van der Waals surface area contributed by atoms with Gasteiger partial charge in [0.25, 0.3) is 0 Å². The first-order chi connectivity index (χ1) is 9.60. The van der Waals surface area contributed by atoms with E-state index in [0.29, 0.717) is 0 Å². The van der Waals surface area contributed by atoms with Crippen LogP contribution in [0.1, 0.15) is 37.5 Å². The Kier molecular flexibility index (Phi) is 4.33. The Bertz CT molecular complexity index is 615. The van der Waals surface area contributed by atoms with Crippen molar-refractivity contribution in [3.8, 4) is 22.6 Å². The Balaban J connectivity index is 2.69. The van der Waals surface area contributed by atoms with Gasteiger partial charge in [0.2, 0.25) is 0 Å². The minimum Gasteiger partial charge on any atom is -0.504 e. The van der Waals surface area contributed by atoms with Gasteiger partial charge in [0.15, 0.2) is 11.5 Å². The minimum atomic E-state index is -0.0386. The lowest BCUT2D eigenvalue weighted by atomic mass is 9.93. The maximum Gasteiger partial charge on any atom is 0.165 e. The van der Waals surface area contributed by atoms with Gasteiger partial charge in [-0.05, 0) is 53.6 Å². The molecular formula is C18H22O2. The second-order valence-electron chi connectivity index (χ2n) is 5.06. The fourth-order valence-electron chi connectivity index (χ4n) is 2.49. The summed E-state index contributed by atoms with van der Waals surface area (Å²) in [6.07, 6.45) is 2.68. The first-order valence-corrected chi connectivity index (χ1v) is 7.27. The molecule has 0 unspecified atom stereocenters. The third-order valence-electron chi connectivity index (χ3n) is 3.81. The van der Waals surface area contributed by atoms with Crippen LogP contribution in [0.3, 0.4) is 0 Å². The van der Waals surface area contributed by atoms with Gasteiger partial charge in [-0.25, -0.2) is 0 Å². The average Bonchev–Trinajstić information content (AvgIpc) is 2.49. The van der Waals surface area contributed by atoms with Crippen molar-refractivity contribution in [1.29, 1.82) is 0 Å². The number of hydrogen-bond donors (Lipinski definition) is 2. The van der Waals surface area contributed by atoms with E-state index in [9.17, 15) is 10.2 Å². The summed E-state index contributed by atoms with van der Waals surface area (Å²) in [6, 6.07) is 9.97. The van der Waals surface area contributed by atoms with Gasteiger partial charge >= 0.3 is 0 Å². The van der Waals surface area contributed by atoms with Crippen LogP contribution in [0.15, 0.2) is 30.3 Å². The molecule has 2 aromatic carbocycles. The summed E-state index contributed by atoms with van der Waals surface area (Å²) in [5, 5.41) is 20.1. The van der Waals surface area contributed by atoms with Crippen molar-refractivity contribution in [3.05, 3.63) is 47.0 Å². The van der Waals surface area contributed by atoms with E-state index < -0.39 is 0 Å². The number of rotatable bonds is 4. The molecule has 0 bridgehead atoms. The van der Waals surface area contributed by atoms with E-state index >= 15 is 0 Å². The molecule has 0 amide bonds. The smallest absolute Gasteiger partial charge is 0.165 e. The van der Waals surface area contributed by atoms with Crippen LogP contribution in [0.25, 0.3) is 11.1 Å². The van der Waals surface area contributed by atoms with E-state index in [-0.39, 0.29) is 11.5 Å². The lowest BCUT2D eigenvalue weighted by Crippen LogP contribution is -1.93. The lowest BCUT2D eigenvalue weighted by molar-refractivity contribution is 0.404. The monoisotopic (exact) mass is 270 g/mol. The van der Waals surface area contributed by atoms with Crippen molar-refractivity contribution in [1.82, 2.24) is 0 Å². The van der Waals surface area contributed by atoms with Crippen LogP contribution in [0.2, 0.25) is 0 Å². The highest BCUT2D eigenvalue weighted by molar-refractivity contribution is 5.77. The molecule has 2 aromatic rings. The van der Waals surface area contributed by atoms with Gasteiger partial charge in [-0.1, -0.05) is 39.0 Å². The van der Waals surface area contributed by atoms with Gasteiger partial charge in [-0.15, -0.1) is 0 Å². The first kappa shape index (κ1) is 14.4. The molecule has 0 saturated carbocycles. The maximum absolute atomic E-state index is 10.2. The van der Waals surface area contributed by atoms with Gasteiger partial charge in [0, 0.05) is 5.56 Å². The van der Waals surface area contributed by atoms with Crippen molar-refractivity contribution in [3.63, 3.8) is 0 Å². The molecule has 0 fully saturated rings. The van der Waals surface area contributed by atoms with Gasteiger partial charge < -0.3 is 10.2 Å². The topological polar surface area (TPSA) is 40.5 Å². The van der Waals surface area contributed by atoms with Crippen LogP contribution in [0, 0.1) is 0 Å². The number of aromatic hydroxyl groups is 2. The van der Waals surface area contributed by atoms with Crippen LogP contribution in [0.5, 0.6) is 11.5 Å². The van der Waals surface area contributed by atoms with Crippen LogP contribution in [-0.4, -0.2) is 10.2 Å². The summed E-state index contributed by atoms with van der Waals surface area (Å²) in [5.41, 5.74) is 5.20.